The first-order chi connectivity index (χ1) is 10.8. The van der Waals surface area contributed by atoms with E-state index in [0.717, 1.165) is 28.8 Å². The molecule has 0 spiro atoms. The molecule has 2 N–H and O–H groups in total. The van der Waals surface area contributed by atoms with E-state index >= 15 is 0 Å². The number of carbonyl (C=O) groups excluding carboxylic acids is 1. The molecule has 2 aromatic carbocycles. The molecule has 0 saturated heterocycles. The van der Waals surface area contributed by atoms with Crippen molar-refractivity contribution < 1.29 is 4.79 Å². The van der Waals surface area contributed by atoms with Crippen molar-refractivity contribution in [1.82, 2.24) is 5.32 Å². The lowest BCUT2D eigenvalue weighted by Gasteiger charge is -2.20. The highest BCUT2D eigenvalue weighted by molar-refractivity contribution is 9.10. The minimum atomic E-state index is -0.0808. The lowest BCUT2D eigenvalue weighted by atomic mass is 9.86. The zero-order valence-electron chi connectivity index (χ0n) is 13.7. The molecule has 4 heteroatoms. The van der Waals surface area contributed by atoms with Gasteiger partial charge in [0.2, 0.25) is 0 Å². The molecule has 0 radical (unpaired) electrons. The van der Waals surface area contributed by atoms with E-state index in [1.807, 2.05) is 18.2 Å². The van der Waals surface area contributed by atoms with E-state index in [2.05, 4.69) is 65.5 Å². The maximum atomic E-state index is 12.6. The maximum Gasteiger partial charge on any atom is 0.255 e. The van der Waals surface area contributed by atoms with Crippen LogP contribution >= 0.6 is 15.9 Å². The standard InChI is InChI=1S/C19H21BrN2O/c1-19(2,3)15-6-13(7-16(20)9-15)18(23)22-17-5-4-12-10-21-11-14(12)8-17/h4-9,21H,10-11H2,1-3H3,(H,22,23). The highest BCUT2D eigenvalue weighted by Crippen LogP contribution is 2.27. The van der Waals surface area contributed by atoms with Crippen molar-refractivity contribution in [2.24, 2.45) is 0 Å². The highest BCUT2D eigenvalue weighted by Gasteiger charge is 2.18. The minimum absolute atomic E-state index is 0.00194. The van der Waals surface area contributed by atoms with E-state index in [4.69, 9.17) is 0 Å². The van der Waals surface area contributed by atoms with Crippen LogP contribution in [-0.4, -0.2) is 5.91 Å². The average molecular weight is 373 g/mol. The van der Waals surface area contributed by atoms with Crippen molar-refractivity contribution in [3.05, 3.63) is 63.1 Å². The second kappa shape index (κ2) is 6.10. The van der Waals surface area contributed by atoms with Gasteiger partial charge in [-0.05, 0) is 52.4 Å². The third-order valence-corrected chi connectivity index (χ3v) is 4.58. The van der Waals surface area contributed by atoms with Crippen LogP contribution in [0.5, 0.6) is 0 Å². The molecule has 3 nitrogen and oxygen atoms in total. The molecule has 120 valence electrons. The Morgan fingerprint density at radius 3 is 2.57 bits per heavy atom. The quantitative estimate of drug-likeness (QED) is 0.808. The predicted molar refractivity (Wildman–Crippen MR) is 97.8 cm³/mol. The molecular weight excluding hydrogens is 352 g/mol. The van der Waals surface area contributed by atoms with Crippen molar-refractivity contribution in [2.75, 3.05) is 5.32 Å². The predicted octanol–water partition coefficient (Wildman–Crippen LogP) is 4.60. The van der Waals surface area contributed by atoms with Gasteiger partial charge in [-0.3, -0.25) is 4.79 Å². The Balaban J connectivity index is 1.85. The van der Waals surface area contributed by atoms with E-state index in [1.54, 1.807) is 0 Å². The van der Waals surface area contributed by atoms with Gasteiger partial charge in [0, 0.05) is 28.8 Å². The number of rotatable bonds is 2. The van der Waals surface area contributed by atoms with Gasteiger partial charge in [-0.2, -0.15) is 0 Å². The number of halogens is 1. The van der Waals surface area contributed by atoms with Crippen molar-refractivity contribution in [3.8, 4) is 0 Å². The number of amides is 1. The van der Waals surface area contributed by atoms with Gasteiger partial charge in [-0.25, -0.2) is 0 Å². The van der Waals surface area contributed by atoms with Crippen LogP contribution in [0.15, 0.2) is 40.9 Å². The molecule has 1 aliphatic rings. The summed E-state index contributed by atoms with van der Waals surface area (Å²) >= 11 is 3.51. The van der Waals surface area contributed by atoms with E-state index < -0.39 is 0 Å². The average Bonchev–Trinajstić information content (AvgIpc) is 2.93. The Hall–Kier alpha value is -1.65. The summed E-state index contributed by atoms with van der Waals surface area (Å²) in [6, 6.07) is 12.0. The fourth-order valence-corrected chi connectivity index (χ4v) is 3.22. The van der Waals surface area contributed by atoms with E-state index in [1.165, 1.54) is 11.1 Å². The van der Waals surface area contributed by atoms with Gasteiger partial charge >= 0.3 is 0 Å². The van der Waals surface area contributed by atoms with Crippen LogP contribution in [0.4, 0.5) is 5.69 Å². The normalized spacial score (nSPS) is 13.7. The Morgan fingerprint density at radius 2 is 1.83 bits per heavy atom. The van der Waals surface area contributed by atoms with Gasteiger partial charge < -0.3 is 10.6 Å². The van der Waals surface area contributed by atoms with Crippen LogP contribution in [0.1, 0.15) is 47.8 Å². The van der Waals surface area contributed by atoms with Crippen LogP contribution in [0.25, 0.3) is 0 Å². The summed E-state index contributed by atoms with van der Waals surface area (Å²) in [5.74, 6) is -0.0808. The first-order valence-corrected chi connectivity index (χ1v) is 8.57. The van der Waals surface area contributed by atoms with Crippen molar-refractivity contribution in [3.63, 3.8) is 0 Å². The number of hydrogen-bond acceptors (Lipinski definition) is 2. The van der Waals surface area contributed by atoms with E-state index in [9.17, 15) is 4.79 Å². The maximum absolute atomic E-state index is 12.6. The molecule has 23 heavy (non-hydrogen) atoms. The summed E-state index contributed by atoms with van der Waals surface area (Å²) in [6.45, 7) is 8.20. The van der Waals surface area contributed by atoms with Crippen molar-refractivity contribution in [2.45, 2.75) is 39.3 Å². The molecule has 0 aromatic heterocycles. The molecule has 0 saturated carbocycles. The largest absolute Gasteiger partial charge is 0.322 e. The van der Waals surface area contributed by atoms with E-state index in [-0.39, 0.29) is 11.3 Å². The first-order valence-electron chi connectivity index (χ1n) is 7.78. The van der Waals surface area contributed by atoms with Gasteiger partial charge in [0.1, 0.15) is 0 Å². The Bertz CT molecular complexity index is 762. The first kappa shape index (κ1) is 16.2. The van der Waals surface area contributed by atoms with Crippen molar-refractivity contribution in [1.29, 1.82) is 0 Å². The van der Waals surface area contributed by atoms with Crippen LogP contribution in [0.2, 0.25) is 0 Å². The number of nitrogens with one attached hydrogen (secondary N) is 2. The second-order valence-corrected chi connectivity index (χ2v) is 7.94. The summed E-state index contributed by atoms with van der Waals surface area (Å²) in [4.78, 5) is 12.6. The summed E-state index contributed by atoms with van der Waals surface area (Å²) in [6.07, 6.45) is 0. The summed E-state index contributed by atoms with van der Waals surface area (Å²) < 4.78 is 0.924. The van der Waals surface area contributed by atoms with Gasteiger partial charge in [0.25, 0.3) is 5.91 Å². The zero-order chi connectivity index (χ0) is 16.6. The van der Waals surface area contributed by atoms with Crippen molar-refractivity contribution >= 4 is 27.5 Å². The summed E-state index contributed by atoms with van der Waals surface area (Å²) in [5, 5.41) is 6.32. The topological polar surface area (TPSA) is 41.1 Å². The van der Waals surface area contributed by atoms with Gasteiger partial charge in [0.05, 0.1) is 0 Å². The fourth-order valence-electron chi connectivity index (χ4n) is 2.73. The molecule has 1 aliphatic heterocycles. The van der Waals surface area contributed by atoms with Crippen LogP contribution in [0.3, 0.4) is 0 Å². The smallest absolute Gasteiger partial charge is 0.255 e. The van der Waals surface area contributed by atoms with Crippen LogP contribution in [0, 0.1) is 0 Å². The number of anilines is 1. The molecular formula is C19H21BrN2O. The van der Waals surface area contributed by atoms with Crippen LogP contribution in [-0.2, 0) is 18.5 Å². The molecule has 0 bridgehead atoms. The third-order valence-electron chi connectivity index (χ3n) is 4.12. The lowest BCUT2D eigenvalue weighted by Crippen LogP contribution is -2.16. The van der Waals surface area contributed by atoms with Gasteiger partial charge in [0.15, 0.2) is 0 Å². The van der Waals surface area contributed by atoms with Gasteiger partial charge in [-0.15, -0.1) is 0 Å². The number of fused-ring (bicyclic) bond motifs is 1. The number of carbonyl (C=O) groups is 1. The number of benzene rings is 2. The molecule has 3 rings (SSSR count). The molecule has 2 aromatic rings. The third kappa shape index (κ3) is 3.65. The Labute approximate surface area is 145 Å². The SMILES string of the molecule is CC(C)(C)c1cc(Br)cc(C(=O)Nc2ccc3c(c2)CNC3)c1. The minimum Gasteiger partial charge on any atom is -0.322 e. The molecule has 0 fully saturated rings. The van der Waals surface area contributed by atoms with Crippen LogP contribution < -0.4 is 10.6 Å². The number of hydrogen-bond donors (Lipinski definition) is 2. The Kier molecular flexibility index (Phi) is 4.30. The van der Waals surface area contributed by atoms with E-state index in [0.29, 0.717) is 5.56 Å². The zero-order valence-corrected chi connectivity index (χ0v) is 15.3. The second-order valence-electron chi connectivity index (χ2n) is 7.02. The summed E-state index contributed by atoms with van der Waals surface area (Å²) in [5.41, 5.74) is 5.21. The molecule has 0 aliphatic carbocycles. The highest BCUT2D eigenvalue weighted by atomic mass is 79.9. The summed E-state index contributed by atoms with van der Waals surface area (Å²) in [7, 11) is 0. The molecule has 1 heterocycles. The molecule has 1 amide bonds. The molecule has 0 unspecified atom stereocenters. The molecule has 0 atom stereocenters. The Morgan fingerprint density at radius 1 is 1.09 bits per heavy atom. The fraction of sp³-hybridized carbons (Fsp3) is 0.316. The monoisotopic (exact) mass is 372 g/mol. The van der Waals surface area contributed by atoms with Gasteiger partial charge in [-0.1, -0.05) is 42.8 Å². The lowest BCUT2D eigenvalue weighted by molar-refractivity contribution is 0.102.